The number of carbonyl (C=O) groups excluding carboxylic acids is 3. The Hall–Kier alpha value is -6.06. The Kier molecular flexibility index (Phi) is 12.5. The van der Waals surface area contributed by atoms with Gasteiger partial charge in [0.05, 0.1) is 0 Å². The molecule has 1 saturated heterocycles. The molecule has 1 aliphatic heterocycles. The number of benzene rings is 2. The van der Waals surface area contributed by atoms with E-state index < -0.39 is 23.8 Å². The normalized spacial score (nSPS) is 17.8. The average molecular weight is 767 g/mol. The Morgan fingerprint density at radius 2 is 1.62 bits per heavy atom. The molecule has 2 aliphatic rings. The fraction of sp³-hybridized carbons (Fsp3) is 0.450. The number of piperazine rings is 1. The van der Waals surface area contributed by atoms with Crippen molar-refractivity contribution in [1.29, 1.82) is 0 Å². The summed E-state index contributed by atoms with van der Waals surface area (Å²) < 4.78 is 5.36. The maximum absolute atomic E-state index is 13.8. The number of carboxylic acid groups (broad SMARTS) is 1. The van der Waals surface area contributed by atoms with Crippen LogP contribution in [-0.4, -0.2) is 104 Å². The lowest BCUT2D eigenvalue weighted by Crippen LogP contribution is -2.48. The third-order valence-electron chi connectivity index (χ3n) is 10.2. The quantitative estimate of drug-likeness (QED) is 0.137. The zero-order chi connectivity index (χ0) is 39.8. The van der Waals surface area contributed by atoms with Crippen molar-refractivity contribution in [1.82, 2.24) is 41.1 Å². The summed E-state index contributed by atoms with van der Waals surface area (Å²) in [6.45, 7) is 10.0. The molecule has 0 spiro atoms. The van der Waals surface area contributed by atoms with Gasteiger partial charge < -0.3 is 35.6 Å². The van der Waals surface area contributed by atoms with Crippen LogP contribution in [0.4, 0.5) is 21.1 Å². The number of tetrazole rings is 1. The number of pyridine rings is 1. The number of rotatable bonds is 11. The Balaban J connectivity index is 1.10. The summed E-state index contributed by atoms with van der Waals surface area (Å²) in [5, 5.41) is 32.2. The molecule has 4 amide bonds. The number of H-pyrrole nitrogens is 1. The second-order valence-electron chi connectivity index (χ2n) is 15.5. The van der Waals surface area contributed by atoms with E-state index >= 15 is 0 Å². The van der Waals surface area contributed by atoms with Gasteiger partial charge in [-0.15, -0.1) is 10.2 Å². The molecule has 1 atom stereocenters. The molecule has 2 aromatic heterocycles. The number of aromatic nitrogens is 5. The SMILES string of the molecule is Cc1cc(N2CCN(C(=O)O)CC2)ncc1-c1ccc(C[C@H](NC(=O)C2CCC(CNC(=O)OC(C)(C)C)CC2)C(=O)Nc2ccc(-c3nn[nH]n3)cc2)cc1. The monoisotopic (exact) mass is 766 g/mol. The van der Waals surface area contributed by atoms with Gasteiger partial charge >= 0.3 is 12.2 Å². The summed E-state index contributed by atoms with van der Waals surface area (Å²) in [6, 6.07) is 16.2. The van der Waals surface area contributed by atoms with Crippen LogP contribution in [0.1, 0.15) is 57.6 Å². The highest BCUT2D eigenvalue weighted by Crippen LogP contribution is 2.30. The van der Waals surface area contributed by atoms with Crippen LogP contribution in [0.2, 0.25) is 0 Å². The number of nitrogens with one attached hydrogen (secondary N) is 4. The Morgan fingerprint density at radius 1 is 0.946 bits per heavy atom. The zero-order valence-electron chi connectivity index (χ0n) is 32.2. The maximum atomic E-state index is 13.8. The second-order valence-corrected chi connectivity index (χ2v) is 15.5. The summed E-state index contributed by atoms with van der Waals surface area (Å²) in [4.78, 5) is 59.2. The molecule has 5 N–H and O–H groups in total. The largest absolute Gasteiger partial charge is 0.465 e. The van der Waals surface area contributed by atoms with Crippen LogP contribution in [0.25, 0.3) is 22.5 Å². The predicted octanol–water partition coefficient (Wildman–Crippen LogP) is 5.03. The Bertz CT molecular complexity index is 1970. The smallest absolute Gasteiger partial charge is 0.407 e. The average Bonchev–Trinajstić information content (AvgIpc) is 3.72. The van der Waals surface area contributed by atoms with Gasteiger partial charge in [0.15, 0.2) is 0 Å². The van der Waals surface area contributed by atoms with Gasteiger partial charge in [0, 0.05) is 68.1 Å². The van der Waals surface area contributed by atoms with Crippen LogP contribution in [-0.2, 0) is 20.7 Å². The van der Waals surface area contributed by atoms with Gasteiger partial charge in [0.25, 0.3) is 0 Å². The zero-order valence-corrected chi connectivity index (χ0v) is 32.2. The number of nitrogens with zero attached hydrogens (tertiary/aromatic N) is 6. The molecule has 0 radical (unpaired) electrons. The van der Waals surface area contributed by atoms with Gasteiger partial charge in [-0.2, -0.15) is 5.21 Å². The third kappa shape index (κ3) is 10.6. The number of aryl methyl sites for hydroxylation is 1. The van der Waals surface area contributed by atoms with E-state index in [0.29, 0.717) is 57.1 Å². The molecule has 2 aromatic carbocycles. The summed E-state index contributed by atoms with van der Waals surface area (Å²) >= 11 is 0. The molecule has 3 heterocycles. The number of ether oxygens (including phenoxy) is 1. The fourth-order valence-electron chi connectivity index (χ4n) is 7.08. The summed E-state index contributed by atoms with van der Waals surface area (Å²) in [6.07, 6.45) is 3.61. The van der Waals surface area contributed by atoms with Gasteiger partial charge in [-0.05, 0) is 112 Å². The van der Waals surface area contributed by atoms with Crippen molar-refractivity contribution >= 4 is 35.5 Å². The summed E-state index contributed by atoms with van der Waals surface area (Å²) in [5.74, 6) is 0.727. The number of hydrogen-bond acceptors (Lipinski definition) is 10. The maximum Gasteiger partial charge on any atom is 0.407 e. The number of hydrogen-bond donors (Lipinski definition) is 5. The highest BCUT2D eigenvalue weighted by atomic mass is 16.6. The Labute approximate surface area is 325 Å². The molecule has 16 nitrogen and oxygen atoms in total. The topological polar surface area (TPSA) is 208 Å². The predicted molar refractivity (Wildman–Crippen MR) is 210 cm³/mol. The molecule has 56 heavy (non-hydrogen) atoms. The molecule has 1 saturated carbocycles. The van der Waals surface area contributed by atoms with E-state index in [0.717, 1.165) is 46.5 Å². The van der Waals surface area contributed by atoms with E-state index in [1.807, 2.05) is 64.2 Å². The number of aromatic amines is 1. The number of anilines is 2. The van der Waals surface area contributed by atoms with Crippen LogP contribution >= 0.6 is 0 Å². The van der Waals surface area contributed by atoms with Gasteiger partial charge in [-0.25, -0.2) is 14.6 Å². The second kappa shape index (κ2) is 17.6. The lowest BCUT2D eigenvalue weighted by molar-refractivity contribution is -0.130. The standard InChI is InChI=1S/C40H50N10O6/c1-25-21-34(49-17-19-50(20-18-49)39(54)55)41-24-32(25)28-9-5-26(6-10-28)22-33(37(52)43-31-15-13-29(14-16-31)35-45-47-48-46-35)44-36(51)30-11-7-27(8-12-30)23-42-38(53)56-40(2,3)4/h5-6,9-10,13-16,21,24,27,30,33H,7-8,11-12,17-20,22-23H2,1-4H3,(H,42,53)(H,43,52)(H,44,51)(H,54,55)(H,45,46,47,48)/t27?,30?,33-/m0/s1. The molecule has 6 rings (SSSR count). The van der Waals surface area contributed by atoms with Crippen molar-refractivity contribution < 1.29 is 29.0 Å². The van der Waals surface area contributed by atoms with Crippen molar-refractivity contribution in [3.05, 3.63) is 71.9 Å². The van der Waals surface area contributed by atoms with Crippen molar-refractivity contribution in [2.24, 2.45) is 11.8 Å². The first-order valence-electron chi connectivity index (χ1n) is 19.0. The minimum Gasteiger partial charge on any atom is -0.465 e. The van der Waals surface area contributed by atoms with E-state index in [4.69, 9.17) is 9.72 Å². The molecule has 0 bridgehead atoms. The number of amides is 4. The van der Waals surface area contributed by atoms with Crippen molar-refractivity contribution in [2.45, 2.75) is 71.4 Å². The van der Waals surface area contributed by atoms with Crippen molar-refractivity contribution in [3.8, 4) is 22.5 Å². The van der Waals surface area contributed by atoms with E-state index in [1.54, 1.807) is 24.3 Å². The molecule has 0 unspecified atom stereocenters. The molecule has 16 heteroatoms. The minimum absolute atomic E-state index is 0.168. The van der Waals surface area contributed by atoms with Crippen LogP contribution < -0.4 is 20.9 Å². The minimum atomic E-state index is -0.903. The highest BCUT2D eigenvalue weighted by molar-refractivity contribution is 5.97. The van der Waals surface area contributed by atoms with Crippen LogP contribution in [0, 0.1) is 18.8 Å². The third-order valence-corrected chi connectivity index (χ3v) is 10.2. The van der Waals surface area contributed by atoms with Gasteiger partial charge in [0.1, 0.15) is 17.5 Å². The van der Waals surface area contributed by atoms with Crippen molar-refractivity contribution in [3.63, 3.8) is 0 Å². The molecule has 4 aromatic rings. The molecule has 2 fully saturated rings. The number of carbonyl (C=O) groups is 4. The van der Waals surface area contributed by atoms with Gasteiger partial charge in [0.2, 0.25) is 17.6 Å². The molecular formula is C40H50N10O6. The van der Waals surface area contributed by atoms with E-state index in [2.05, 4.69) is 41.5 Å². The first-order chi connectivity index (χ1) is 26.8. The van der Waals surface area contributed by atoms with Crippen molar-refractivity contribution in [2.75, 3.05) is 42.9 Å². The van der Waals surface area contributed by atoms with E-state index in [-0.39, 0.29) is 30.1 Å². The van der Waals surface area contributed by atoms with Crippen LogP contribution in [0.5, 0.6) is 0 Å². The highest BCUT2D eigenvalue weighted by Gasteiger charge is 2.30. The lowest BCUT2D eigenvalue weighted by Gasteiger charge is -2.34. The molecule has 296 valence electrons. The first-order valence-corrected chi connectivity index (χ1v) is 19.0. The van der Waals surface area contributed by atoms with E-state index in [1.165, 1.54) is 4.90 Å². The fourth-order valence-corrected chi connectivity index (χ4v) is 7.08. The number of alkyl carbamates (subject to hydrolysis) is 1. The summed E-state index contributed by atoms with van der Waals surface area (Å²) in [7, 11) is 0. The molecule has 1 aliphatic carbocycles. The van der Waals surface area contributed by atoms with Gasteiger partial charge in [-0.3, -0.25) is 9.59 Å². The first kappa shape index (κ1) is 39.6. The van der Waals surface area contributed by atoms with Crippen LogP contribution in [0.15, 0.2) is 60.8 Å². The lowest BCUT2D eigenvalue weighted by atomic mass is 9.81. The summed E-state index contributed by atoms with van der Waals surface area (Å²) in [5.41, 5.74) is 4.56. The molecular weight excluding hydrogens is 717 g/mol. The Morgan fingerprint density at radius 3 is 2.23 bits per heavy atom. The van der Waals surface area contributed by atoms with E-state index in [9.17, 15) is 24.3 Å². The van der Waals surface area contributed by atoms with Crippen LogP contribution in [0.3, 0.4) is 0 Å². The van der Waals surface area contributed by atoms with Gasteiger partial charge in [-0.1, -0.05) is 24.3 Å².